The molecule has 1 N–H and O–H groups in total. The van der Waals surface area contributed by atoms with Crippen LogP contribution in [0, 0.1) is 0 Å². The molecule has 7 nitrogen and oxygen atoms in total. The molecule has 29 heavy (non-hydrogen) atoms. The monoisotopic (exact) mass is 396 g/mol. The van der Waals surface area contributed by atoms with Crippen molar-refractivity contribution in [3.8, 4) is 17.2 Å². The number of aliphatic carboxylic acids is 1. The third-order valence-corrected chi connectivity index (χ3v) is 4.37. The maximum atomic E-state index is 11.0. The molecule has 7 heteroatoms. The first-order valence-electron chi connectivity index (χ1n) is 9.34. The molecular formula is C22H24N2O5. The molecule has 0 saturated carbocycles. The Bertz CT molecular complexity index is 877. The predicted octanol–water partition coefficient (Wildman–Crippen LogP) is 3.36. The van der Waals surface area contributed by atoms with Crippen LogP contribution in [0.4, 0.5) is 0 Å². The number of carboxylic acid groups (broad SMARTS) is 1. The second-order valence-electron chi connectivity index (χ2n) is 6.42. The second-order valence-corrected chi connectivity index (χ2v) is 6.42. The summed E-state index contributed by atoms with van der Waals surface area (Å²) in [4.78, 5) is 15.0. The third-order valence-electron chi connectivity index (χ3n) is 4.37. The summed E-state index contributed by atoms with van der Waals surface area (Å²) in [6, 6.07) is 15.2. The van der Waals surface area contributed by atoms with Crippen LogP contribution in [0.1, 0.15) is 12.0 Å². The number of carboxylic acids is 1. The summed E-state index contributed by atoms with van der Waals surface area (Å²) >= 11 is 0. The van der Waals surface area contributed by atoms with Crippen LogP contribution in [0.3, 0.4) is 0 Å². The Kier molecular flexibility index (Phi) is 7.24. The Morgan fingerprint density at radius 3 is 2.17 bits per heavy atom. The van der Waals surface area contributed by atoms with Crippen LogP contribution >= 0.6 is 0 Å². The zero-order valence-corrected chi connectivity index (χ0v) is 16.2. The van der Waals surface area contributed by atoms with Gasteiger partial charge in [0.25, 0.3) is 0 Å². The van der Waals surface area contributed by atoms with Gasteiger partial charge in [-0.1, -0.05) is 12.1 Å². The highest BCUT2D eigenvalue weighted by Crippen LogP contribution is 2.16. The highest BCUT2D eigenvalue weighted by Gasteiger charge is 2.16. The minimum atomic E-state index is -0.968. The predicted molar refractivity (Wildman–Crippen MR) is 108 cm³/mol. The van der Waals surface area contributed by atoms with Gasteiger partial charge in [0.15, 0.2) is 6.10 Å². The van der Waals surface area contributed by atoms with Gasteiger partial charge in [-0.25, -0.2) is 9.78 Å². The smallest absolute Gasteiger partial charge is 0.333 e. The summed E-state index contributed by atoms with van der Waals surface area (Å²) in [6.45, 7) is 1.08. The maximum Gasteiger partial charge on any atom is 0.333 e. The van der Waals surface area contributed by atoms with Gasteiger partial charge in [-0.05, 0) is 42.0 Å². The molecule has 0 aliphatic rings. The van der Waals surface area contributed by atoms with Gasteiger partial charge in [-0.2, -0.15) is 0 Å². The van der Waals surface area contributed by atoms with Crippen LogP contribution in [-0.2, 0) is 16.0 Å². The summed E-state index contributed by atoms with van der Waals surface area (Å²) in [5.41, 5.74) is 1.91. The van der Waals surface area contributed by atoms with Gasteiger partial charge in [0.1, 0.15) is 11.5 Å². The summed E-state index contributed by atoms with van der Waals surface area (Å²) in [5, 5.41) is 9.03. The van der Waals surface area contributed by atoms with Crippen molar-refractivity contribution in [2.45, 2.75) is 18.9 Å². The van der Waals surface area contributed by atoms with Crippen LogP contribution in [0.25, 0.3) is 5.69 Å². The van der Waals surface area contributed by atoms with Crippen LogP contribution in [0.5, 0.6) is 11.5 Å². The van der Waals surface area contributed by atoms with Crippen molar-refractivity contribution in [2.75, 3.05) is 20.3 Å². The van der Waals surface area contributed by atoms with Gasteiger partial charge in [-0.15, -0.1) is 0 Å². The molecule has 0 spiro atoms. The van der Waals surface area contributed by atoms with E-state index in [0.717, 1.165) is 29.2 Å². The highest BCUT2D eigenvalue weighted by atomic mass is 16.5. The number of ether oxygens (including phenoxy) is 3. The quantitative estimate of drug-likeness (QED) is 0.501. The molecule has 3 rings (SSSR count). The van der Waals surface area contributed by atoms with E-state index in [4.69, 9.17) is 19.3 Å². The van der Waals surface area contributed by atoms with Gasteiger partial charge >= 0.3 is 5.97 Å². The van der Waals surface area contributed by atoms with Gasteiger partial charge in [0.05, 0.1) is 19.5 Å². The first-order chi connectivity index (χ1) is 14.2. The molecule has 3 aromatic rings. The summed E-state index contributed by atoms with van der Waals surface area (Å²) in [6.07, 6.45) is 5.61. The molecule has 0 radical (unpaired) electrons. The molecule has 1 heterocycles. The number of benzene rings is 2. The van der Waals surface area contributed by atoms with E-state index < -0.39 is 12.1 Å². The fraction of sp³-hybridized carbons (Fsp3) is 0.273. The fourth-order valence-corrected chi connectivity index (χ4v) is 2.77. The molecule has 0 aliphatic heterocycles. The molecule has 1 aromatic heterocycles. The topological polar surface area (TPSA) is 82.8 Å². The van der Waals surface area contributed by atoms with E-state index in [2.05, 4.69) is 4.98 Å². The number of rotatable bonds is 11. The van der Waals surface area contributed by atoms with Crippen molar-refractivity contribution in [2.24, 2.45) is 0 Å². The Morgan fingerprint density at radius 1 is 1.03 bits per heavy atom. The molecule has 0 aliphatic carbocycles. The number of nitrogens with zero attached hydrogens (tertiary/aromatic N) is 2. The molecule has 0 bridgehead atoms. The average Bonchev–Trinajstić information content (AvgIpc) is 3.28. The Labute approximate surface area is 169 Å². The first kappa shape index (κ1) is 20.4. The number of carbonyl (C=O) groups is 1. The second kappa shape index (κ2) is 10.3. The minimum absolute atomic E-state index is 0.319. The fourth-order valence-electron chi connectivity index (χ4n) is 2.77. The van der Waals surface area contributed by atoms with Gasteiger partial charge in [0, 0.05) is 38.0 Å². The third kappa shape index (κ3) is 6.08. The number of aromatic nitrogens is 2. The Morgan fingerprint density at radius 2 is 1.66 bits per heavy atom. The van der Waals surface area contributed by atoms with Gasteiger partial charge in [0.2, 0.25) is 0 Å². The number of hydrogen-bond donors (Lipinski definition) is 1. The SMILES string of the molecule is CO[C@@H](Cc1ccc(OCCCOc2ccc(-n3ccnc3)cc2)cc1)C(=O)O. The zero-order chi connectivity index (χ0) is 20.5. The van der Waals surface area contributed by atoms with E-state index in [0.29, 0.717) is 19.6 Å². The molecular weight excluding hydrogens is 372 g/mol. The molecule has 0 fully saturated rings. The molecule has 1 atom stereocenters. The summed E-state index contributed by atoms with van der Waals surface area (Å²) < 4.78 is 18.3. The van der Waals surface area contributed by atoms with E-state index in [-0.39, 0.29) is 0 Å². The van der Waals surface area contributed by atoms with E-state index >= 15 is 0 Å². The molecule has 152 valence electrons. The van der Waals surface area contributed by atoms with Crippen molar-refractivity contribution in [3.63, 3.8) is 0 Å². The first-order valence-corrected chi connectivity index (χ1v) is 9.34. The van der Waals surface area contributed by atoms with Crippen LogP contribution < -0.4 is 9.47 Å². The number of hydrogen-bond acceptors (Lipinski definition) is 5. The lowest BCUT2D eigenvalue weighted by Gasteiger charge is -2.11. The van der Waals surface area contributed by atoms with Gasteiger partial charge in [-0.3, -0.25) is 0 Å². The lowest BCUT2D eigenvalue weighted by atomic mass is 10.1. The van der Waals surface area contributed by atoms with Crippen LogP contribution in [0.15, 0.2) is 67.3 Å². The van der Waals surface area contributed by atoms with Crippen molar-refractivity contribution >= 4 is 5.97 Å². The highest BCUT2D eigenvalue weighted by molar-refractivity contribution is 5.72. The van der Waals surface area contributed by atoms with Crippen molar-refractivity contribution < 1.29 is 24.1 Å². The zero-order valence-electron chi connectivity index (χ0n) is 16.2. The van der Waals surface area contributed by atoms with E-state index in [1.165, 1.54) is 7.11 Å². The number of imidazole rings is 1. The van der Waals surface area contributed by atoms with Crippen LogP contribution in [0.2, 0.25) is 0 Å². The summed E-state index contributed by atoms with van der Waals surface area (Å²) in [5.74, 6) is 0.580. The van der Waals surface area contributed by atoms with Crippen LogP contribution in [-0.4, -0.2) is 47.1 Å². The van der Waals surface area contributed by atoms with E-state index in [9.17, 15) is 4.79 Å². The average molecular weight is 396 g/mol. The van der Waals surface area contributed by atoms with Crippen molar-refractivity contribution in [3.05, 3.63) is 72.8 Å². The van der Waals surface area contributed by atoms with Gasteiger partial charge < -0.3 is 23.9 Å². The van der Waals surface area contributed by atoms with Crippen molar-refractivity contribution in [1.29, 1.82) is 0 Å². The maximum absolute atomic E-state index is 11.0. The molecule has 2 aromatic carbocycles. The lowest BCUT2D eigenvalue weighted by Crippen LogP contribution is -2.24. The Balaban J connectivity index is 1.36. The summed E-state index contributed by atoms with van der Waals surface area (Å²) in [7, 11) is 1.40. The largest absolute Gasteiger partial charge is 0.493 e. The molecule has 0 saturated heterocycles. The van der Waals surface area contributed by atoms with E-state index in [1.54, 1.807) is 12.5 Å². The number of methoxy groups -OCH3 is 1. The normalized spacial score (nSPS) is 11.8. The molecule has 0 unspecified atom stereocenters. The lowest BCUT2D eigenvalue weighted by molar-refractivity contribution is -0.148. The molecule has 0 amide bonds. The minimum Gasteiger partial charge on any atom is -0.493 e. The van der Waals surface area contributed by atoms with Crippen molar-refractivity contribution in [1.82, 2.24) is 9.55 Å². The van der Waals surface area contributed by atoms with E-state index in [1.807, 2.05) is 59.3 Å². The Hall–Kier alpha value is -3.32. The standard InChI is InChI=1S/C22H24N2O5/c1-27-21(22(25)26)15-17-3-7-19(8-4-17)28-13-2-14-29-20-9-5-18(6-10-20)24-12-11-23-16-24/h3-12,16,21H,2,13-15H2,1H3,(H,25,26)/t21-/m0/s1.